The first-order valence-corrected chi connectivity index (χ1v) is 11.4. The number of aromatic amines is 1. The molecule has 1 fully saturated rings. The Labute approximate surface area is 197 Å². The Morgan fingerprint density at radius 3 is 2.59 bits per heavy atom. The summed E-state index contributed by atoms with van der Waals surface area (Å²) >= 11 is 0. The first kappa shape index (κ1) is 25.2. The molecule has 1 aromatic heterocycles. The van der Waals surface area contributed by atoms with E-state index in [1.54, 1.807) is 25.3 Å². The summed E-state index contributed by atoms with van der Waals surface area (Å²) in [5.41, 5.74) is 0.990. The van der Waals surface area contributed by atoms with Gasteiger partial charge in [-0.3, -0.25) is 19.2 Å². The molecule has 3 amide bonds. The minimum absolute atomic E-state index is 0.0754. The van der Waals surface area contributed by atoms with Crippen molar-refractivity contribution in [3.63, 3.8) is 0 Å². The third kappa shape index (κ3) is 5.93. The van der Waals surface area contributed by atoms with Gasteiger partial charge in [-0.05, 0) is 43.4 Å². The predicted octanol–water partition coefficient (Wildman–Crippen LogP) is 0.893. The maximum absolute atomic E-state index is 13.1. The lowest BCUT2D eigenvalue weighted by Crippen LogP contribution is -2.53. The summed E-state index contributed by atoms with van der Waals surface area (Å²) in [7, 11) is 1.55. The van der Waals surface area contributed by atoms with E-state index >= 15 is 0 Å². The van der Waals surface area contributed by atoms with Crippen LogP contribution in [0.5, 0.6) is 5.75 Å². The first-order valence-electron chi connectivity index (χ1n) is 11.4. The highest BCUT2D eigenvalue weighted by atomic mass is 16.5. The molecule has 3 atom stereocenters. The Morgan fingerprint density at radius 1 is 1.21 bits per heavy atom. The number of aromatic nitrogens is 1. The van der Waals surface area contributed by atoms with Gasteiger partial charge < -0.3 is 30.8 Å². The van der Waals surface area contributed by atoms with E-state index in [0.29, 0.717) is 25.1 Å². The summed E-state index contributed by atoms with van der Waals surface area (Å²) in [5.74, 6) is -1.49. The van der Waals surface area contributed by atoms with Crippen LogP contribution in [0, 0.1) is 11.8 Å². The number of hydrogen-bond donors (Lipinski definition) is 5. The van der Waals surface area contributed by atoms with Gasteiger partial charge in [0.1, 0.15) is 24.1 Å². The summed E-state index contributed by atoms with van der Waals surface area (Å²) in [6, 6.07) is 5.14. The summed E-state index contributed by atoms with van der Waals surface area (Å²) in [5, 5.41) is 18.2. The number of ether oxygens (including phenoxy) is 1. The van der Waals surface area contributed by atoms with Gasteiger partial charge in [-0.25, -0.2) is 0 Å². The molecule has 2 aromatic rings. The first-order chi connectivity index (χ1) is 16.2. The van der Waals surface area contributed by atoms with E-state index in [0.717, 1.165) is 10.9 Å². The number of hydrogen-bond acceptors (Lipinski definition) is 6. The van der Waals surface area contributed by atoms with Gasteiger partial charge in [-0.15, -0.1) is 0 Å². The third-order valence-electron chi connectivity index (χ3n) is 5.96. The summed E-state index contributed by atoms with van der Waals surface area (Å²) < 4.78 is 5.33. The average Bonchev–Trinajstić information content (AvgIpc) is 3.43. The average molecular weight is 473 g/mol. The van der Waals surface area contributed by atoms with Gasteiger partial charge in [0.05, 0.1) is 13.2 Å². The van der Waals surface area contributed by atoms with Gasteiger partial charge in [-0.2, -0.15) is 0 Å². The zero-order chi connectivity index (χ0) is 24.8. The SMILES string of the molecule is COc1cccc2[nH]c(C(=O)N[C@@H](CC(C)C)C(=O)N[C@H](CC3CCNC3=O)C(=O)CO)cc12. The predicted molar refractivity (Wildman–Crippen MR) is 125 cm³/mol. The fraction of sp³-hybridized carbons (Fsp3) is 0.500. The number of Topliss-reactive ketones (excluding diaryl/α,β-unsaturated/α-hetero) is 1. The molecule has 0 saturated carbocycles. The highest BCUT2D eigenvalue weighted by Gasteiger charge is 2.33. The molecular formula is C24H32N4O6. The highest BCUT2D eigenvalue weighted by molar-refractivity contribution is 6.02. The van der Waals surface area contributed by atoms with Gasteiger partial charge in [0, 0.05) is 23.4 Å². The maximum atomic E-state index is 13.1. The van der Waals surface area contributed by atoms with Crippen molar-refractivity contribution < 1.29 is 29.0 Å². The Bertz CT molecular complexity index is 1060. The number of aliphatic hydroxyl groups is 1. The van der Waals surface area contributed by atoms with Crippen LogP contribution in [0.15, 0.2) is 24.3 Å². The number of ketones is 1. The lowest BCUT2D eigenvalue weighted by Gasteiger charge is -2.24. The van der Waals surface area contributed by atoms with Gasteiger partial charge in [0.15, 0.2) is 5.78 Å². The second kappa shape index (κ2) is 11.1. The van der Waals surface area contributed by atoms with Crippen LogP contribution in [-0.2, 0) is 14.4 Å². The van der Waals surface area contributed by atoms with Crippen molar-refractivity contribution in [2.45, 2.75) is 45.2 Å². The Balaban J connectivity index is 1.75. The molecule has 1 aromatic carbocycles. The van der Waals surface area contributed by atoms with Crippen LogP contribution in [0.4, 0.5) is 0 Å². The van der Waals surface area contributed by atoms with E-state index in [4.69, 9.17) is 4.74 Å². The maximum Gasteiger partial charge on any atom is 0.268 e. The molecule has 5 N–H and O–H groups in total. The van der Waals surface area contributed by atoms with Gasteiger partial charge in [0.25, 0.3) is 5.91 Å². The van der Waals surface area contributed by atoms with Crippen molar-refractivity contribution in [2.24, 2.45) is 11.8 Å². The van der Waals surface area contributed by atoms with Crippen molar-refractivity contribution >= 4 is 34.4 Å². The standard InChI is InChI=1S/C24H32N4O6/c1-13(2)9-18(23(32)27-17(20(30)12-29)10-14-7-8-25-22(14)31)28-24(33)19-11-15-16(26-19)5-4-6-21(15)34-3/h4-6,11,13-14,17-18,26,29H,7-10,12H2,1-3H3,(H,25,31)(H,27,32)(H,28,33)/t14?,17-,18+/m1/s1. The molecular weight excluding hydrogens is 440 g/mol. The normalized spacial score (nSPS) is 17.3. The number of carbonyl (C=O) groups excluding carboxylic acids is 4. The minimum atomic E-state index is -1.02. The third-order valence-corrected chi connectivity index (χ3v) is 5.96. The van der Waals surface area contributed by atoms with Gasteiger partial charge in [0.2, 0.25) is 11.8 Å². The van der Waals surface area contributed by atoms with E-state index in [-0.39, 0.29) is 23.9 Å². The fourth-order valence-electron chi connectivity index (χ4n) is 4.17. The Morgan fingerprint density at radius 2 is 1.97 bits per heavy atom. The topological polar surface area (TPSA) is 150 Å². The van der Waals surface area contributed by atoms with E-state index in [1.165, 1.54) is 0 Å². The van der Waals surface area contributed by atoms with Crippen LogP contribution in [0.3, 0.4) is 0 Å². The van der Waals surface area contributed by atoms with Gasteiger partial charge in [-0.1, -0.05) is 19.9 Å². The highest BCUT2D eigenvalue weighted by Crippen LogP contribution is 2.26. The lowest BCUT2D eigenvalue weighted by molar-refractivity contribution is -0.131. The van der Waals surface area contributed by atoms with Crippen LogP contribution in [0.25, 0.3) is 10.9 Å². The quantitative estimate of drug-likeness (QED) is 0.328. The molecule has 3 rings (SSSR count). The number of nitrogens with one attached hydrogen (secondary N) is 4. The lowest BCUT2D eigenvalue weighted by atomic mass is 9.95. The molecule has 1 aliphatic rings. The molecule has 1 unspecified atom stereocenters. The van der Waals surface area contributed by atoms with Crippen molar-refractivity contribution in [2.75, 3.05) is 20.3 Å². The number of aliphatic hydroxyl groups excluding tert-OH is 1. The second-order valence-corrected chi connectivity index (χ2v) is 8.96. The molecule has 1 aliphatic heterocycles. The van der Waals surface area contributed by atoms with Crippen molar-refractivity contribution in [3.05, 3.63) is 30.0 Å². The molecule has 184 valence electrons. The zero-order valence-corrected chi connectivity index (χ0v) is 19.6. The van der Waals surface area contributed by atoms with E-state index in [2.05, 4.69) is 20.9 Å². The molecule has 0 spiro atoms. The molecule has 1 saturated heterocycles. The van der Waals surface area contributed by atoms with Crippen LogP contribution >= 0.6 is 0 Å². The number of amides is 3. The van der Waals surface area contributed by atoms with Crippen LogP contribution in [-0.4, -0.2) is 65.9 Å². The van der Waals surface area contributed by atoms with Crippen LogP contribution in [0.2, 0.25) is 0 Å². The number of benzene rings is 1. The Kier molecular flexibility index (Phi) is 8.27. The summed E-state index contributed by atoms with van der Waals surface area (Å²) in [4.78, 5) is 53.4. The second-order valence-electron chi connectivity index (χ2n) is 8.96. The fourth-order valence-corrected chi connectivity index (χ4v) is 4.17. The van der Waals surface area contributed by atoms with Crippen LogP contribution in [0.1, 0.15) is 43.6 Å². The molecule has 34 heavy (non-hydrogen) atoms. The molecule has 0 aliphatic carbocycles. The van der Waals surface area contributed by atoms with Crippen LogP contribution < -0.4 is 20.7 Å². The van der Waals surface area contributed by atoms with Gasteiger partial charge >= 0.3 is 0 Å². The van der Waals surface area contributed by atoms with E-state index in [1.807, 2.05) is 19.9 Å². The smallest absolute Gasteiger partial charge is 0.268 e. The molecule has 2 heterocycles. The largest absolute Gasteiger partial charge is 0.496 e. The number of H-pyrrole nitrogens is 1. The van der Waals surface area contributed by atoms with Crippen molar-refractivity contribution in [1.29, 1.82) is 0 Å². The number of carbonyl (C=O) groups is 4. The summed E-state index contributed by atoms with van der Waals surface area (Å²) in [6.07, 6.45) is 0.992. The van der Waals surface area contributed by atoms with Crippen molar-refractivity contribution in [3.8, 4) is 5.75 Å². The molecule has 10 nitrogen and oxygen atoms in total. The van der Waals surface area contributed by atoms with E-state index < -0.39 is 42.2 Å². The Hall–Kier alpha value is -3.40. The number of rotatable bonds is 11. The van der Waals surface area contributed by atoms with Crippen molar-refractivity contribution in [1.82, 2.24) is 20.9 Å². The minimum Gasteiger partial charge on any atom is -0.496 e. The monoisotopic (exact) mass is 472 g/mol. The summed E-state index contributed by atoms with van der Waals surface area (Å²) in [6.45, 7) is 3.59. The molecule has 0 radical (unpaired) electrons. The number of methoxy groups -OCH3 is 1. The molecule has 10 heteroatoms. The molecule has 0 bridgehead atoms. The van der Waals surface area contributed by atoms with E-state index in [9.17, 15) is 24.3 Å². The number of fused-ring (bicyclic) bond motifs is 1. The zero-order valence-electron chi connectivity index (χ0n) is 19.6.